The Bertz CT molecular complexity index is 715. The molecule has 3 heteroatoms. The number of hydrogen-bond donors (Lipinski definition) is 0. The molecule has 2 fully saturated rings. The smallest absolute Gasteiger partial charge is 0.149 e. The first-order chi connectivity index (χ1) is 11.7. The van der Waals surface area contributed by atoms with Gasteiger partial charge in [-0.2, -0.15) is 0 Å². The number of ketones is 2. The van der Waals surface area contributed by atoms with Crippen LogP contribution in [0.1, 0.15) is 52.5 Å². The van der Waals surface area contributed by atoms with Crippen LogP contribution in [0, 0.1) is 22.7 Å². The summed E-state index contributed by atoms with van der Waals surface area (Å²) in [7, 11) is 0. The first kappa shape index (κ1) is 16.8. The van der Waals surface area contributed by atoms with Gasteiger partial charge in [0.05, 0.1) is 6.04 Å². The van der Waals surface area contributed by atoms with E-state index in [4.69, 9.17) is 0 Å². The summed E-state index contributed by atoms with van der Waals surface area (Å²) < 4.78 is 0. The van der Waals surface area contributed by atoms with Crippen molar-refractivity contribution < 1.29 is 9.59 Å². The van der Waals surface area contributed by atoms with E-state index in [0.29, 0.717) is 31.1 Å². The van der Waals surface area contributed by atoms with Crippen molar-refractivity contribution in [1.29, 1.82) is 0 Å². The zero-order chi connectivity index (χ0) is 18.0. The van der Waals surface area contributed by atoms with Gasteiger partial charge < -0.3 is 4.90 Å². The van der Waals surface area contributed by atoms with Gasteiger partial charge in [0.25, 0.3) is 0 Å². The summed E-state index contributed by atoms with van der Waals surface area (Å²) in [5.74, 6) is 1.30. The number of carbonyl (C=O) groups is 2. The van der Waals surface area contributed by atoms with Gasteiger partial charge in [0.15, 0.2) is 0 Å². The second kappa shape index (κ2) is 5.43. The predicted molar refractivity (Wildman–Crippen MR) is 99.7 cm³/mol. The highest BCUT2D eigenvalue weighted by molar-refractivity contribution is 6.11. The molecule has 2 aliphatic heterocycles. The van der Waals surface area contributed by atoms with Crippen molar-refractivity contribution in [2.24, 2.45) is 22.7 Å². The van der Waals surface area contributed by atoms with E-state index in [0.717, 1.165) is 13.0 Å². The Morgan fingerprint density at radius 1 is 1.00 bits per heavy atom. The fraction of sp³-hybridized carbons (Fsp3) is 0.636. The molecule has 0 aromatic heterocycles. The highest BCUT2D eigenvalue weighted by Gasteiger charge is 2.61. The van der Waals surface area contributed by atoms with Gasteiger partial charge in [0, 0.05) is 25.1 Å². The molecule has 1 saturated heterocycles. The third-order valence-electron chi connectivity index (χ3n) is 6.71. The Kier molecular flexibility index (Phi) is 3.65. The lowest BCUT2D eigenvalue weighted by atomic mass is 9.54. The Labute approximate surface area is 150 Å². The molecule has 1 spiro atoms. The molecule has 0 N–H and O–H groups in total. The van der Waals surface area contributed by atoms with E-state index in [-0.39, 0.29) is 23.0 Å². The maximum atomic E-state index is 13.4. The van der Waals surface area contributed by atoms with Crippen LogP contribution in [-0.2, 0) is 16.0 Å². The lowest BCUT2D eigenvalue weighted by Gasteiger charge is -2.57. The van der Waals surface area contributed by atoms with Crippen LogP contribution in [0.3, 0.4) is 0 Å². The standard InChI is InChI=1S/C22H29NO2/c1-14-9-15(2)20-22(18(24)11-21(3,4)12-19(22)25)10-16-7-5-6-8-17(16)23(20)13-14/h5-8,14-15,20H,9-13H2,1-4H3/t14-,15-,20+/m0/s1. The summed E-state index contributed by atoms with van der Waals surface area (Å²) >= 11 is 0. The van der Waals surface area contributed by atoms with Crippen LogP contribution in [0.15, 0.2) is 24.3 Å². The van der Waals surface area contributed by atoms with Crippen molar-refractivity contribution in [3.8, 4) is 0 Å². The number of carbonyl (C=O) groups excluding carboxylic acids is 2. The number of benzene rings is 1. The zero-order valence-electron chi connectivity index (χ0n) is 15.8. The minimum absolute atomic E-state index is 0.0229. The van der Waals surface area contributed by atoms with Crippen LogP contribution < -0.4 is 4.90 Å². The van der Waals surface area contributed by atoms with Crippen molar-refractivity contribution in [2.75, 3.05) is 11.4 Å². The molecule has 0 radical (unpaired) electrons. The van der Waals surface area contributed by atoms with Crippen LogP contribution in [0.4, 0.5) is 5.69 Å². The normalized spacial score (nSPS) is 33.1. The Morgan fingerprint density at radius 3 is 2.32 bits per heavy atom. The van der Waals surface area contributed by atoms with E-state index in [1.807, 2.05) is 6.07 Å². The molecule has 3 aliphatic rings. The molecule has 25 heavy (non-hydrogen) atoms. The van der Waals surface area contributed by atoms with Crippen molar-refractivity contribution >= 4 is 17.3 Å². The SMILES string of the molecule is C[C@H]1C[C@H](C)[C@H]2N(C1)c1ccccc1CC21C(=O)CC(C)(C)CC1=O. The summed E-state index contributed by atoms with van der Waals surface area (Å²) in [6, 6.07) is 8.41. The molecule has 134 valence electrons. The zero-order valence-corrected chi connectivity index (χ0v) is 15.8. The van der Waals surface area contributed by atoms with Crippen LogP contribution in [-0.4, -0.2) is 24.2 Å². The number of para-hydroxylation sites is 1. The van der Waals surface area contributed by atoms with Gasteiger partial charge in [-0.3, -0.25) is 9.59 Å². The molecule has 3 nitrogen and oxygen atoms in total. The van der Waals surface area contributed by atoms with Crippen LogP contribution in [0.25, 0.3) is 0 Å². The average Bonchev–Trinajstić information content (AvgIpc) is 2.51. The van der Waals surface area contributed by atoms with Crippen LogP contribution in [0.5, 0.6) is 0 Å². The molecule has 3 atom stereocenters. The summed E-state index contributed by atoms with van der Waals surface area (Å²) in [4.78, 5) is 29.3. The molecule has 1 aromatic carbocycles. The highest BCUT2D eigenvalue weighted by atomic mass is 16.2. The molecular weight excluding hydrogens is 310 g/mol. The Balaban J connectivity index is 1.89. The minimum Gasteiger partial charge on any atom is -0.366 e. The quantitative estimate of drug-likeness (QED) is 0.670. The summed E-state index contributed by atoms with van der Waals surface area (Å²) in [5, 5.41) is 0. The maximum Gasteiger partial charge on any atom is 0.149 e. The second-order valence-electron chi connectivity index (χ2n) is 9.56. The predicted octanol–water partition coefficient (Wildman–Crippen LogP) is 4.04. The summed E-state index contributed by atoms with van der Waals surface area (Å²) in [6.07, 6.45) is 2.73. The molecular formula is C22H29NO2. The summed E-state index contributed by atoms with van der Waals surface area (Å²) in [6.45, 7) is 9.57. The number of hydrogen-bond acceptors (Lipinski definition) is 3. The van der Waals surface area contributed by atoms with Gasteiger partial charge >= 0.3 is 0 Å². The topological polar surface area (TPSA) is 37.4 Å². The molecule has 1 aromatic rings. The molecule has 0 unspecified atom stereocenters. The lowest BCUT2D eigenvalue weighted by molar-refractivity contribution is -0.152. The molecule has 4 rings (SSSR count). The molecule has 2 heterocycles. The molecule has 0 bridgehead atoms. The van der Waals surface area contributed by atoms with E-state index in [1.165, 1.54) is 11.3 Å². The van der Waals surface area contributed by atoms with Crippen LogP contribution >= 0.6 is 0 Å². The number of piperidine rings is 1. The van der Waals surface area contributed by atoms with Crippen molar-refractivity contribution in [1.82, 2.24) is 0 Å². The van der Waals surface area contributed by atoms with E-state index < -0.39 is 5.41 Å². The largest absolute Gasteiger partial charge is 0.366 e. The third kappa shape index (κ3) is 2.38. The van der Waals surface area contributed by atoms with Gasteiger partial charge in [0.2, 0.25) is 0 Å². The van der Waals surface area contributed by atoms with Gasteiger partial charge in [-0.25, -0.2) is 0 Å². The minimum atomic E-state index is -0.830. The number of nitrogens with zero attached hydrogens (tertiary/aromatic N) is 1. The Morgan fingerprint density at radius 2 is 1.64 bits per heavy atom. The number of anilines is 1. The number of Topliss-reactive ketones (excluding diaryl/α,β-unsaturated/α-hetero) is 2. The van der Waals surface area contributed by atoms with E-state index >= 15 is 0 Å². The fourth-order valence-corrected chi connectivity index (χ4v) is 5.87. The first-order valence-corrected chi connectivity index (χ1v) is 9.66. The lowest BCUT2D eigenvalue weighted by Crippen LogP contribution is -2.67. The number of fused-ring (bicyclic) bond motifs is 4. The third-order valence-corrected chi connectivity index (χ3v) is 6.71. The second-order valence-corrected chi connectivity index (χ2v) is 9.56. The monoisotopic (exact) mass is 339 g/mol. The van der Waals surface area contributed by atoms with E-state index in [9.17, 15) is 9.59 Å². The number of rotatable bonds is 0. The first-order valence-electron chi connectivity index (χ1n) is 9.66. The van der Waals surface area contributed by atoms with Gasteiger partial charge in [-0.1, -0.05) is 45.9 Å². The van der Waals surface area contributed by atoms with Crippen molar-refractivity contribution in [3.05, 3.63) is 29.8 Å². The van der Waals surface area contributed by atoms with Crippen LogP contribution in [0.2, 0.25) is 0 Å². The van der Waals surface area contributed by atoms with E-state index in [1.54, 1.807) is 0 Å². The highest BCUT2D eigenvalue weighted by Crippen LogP contribution is 2.53. The van der Waals surface area contributed by atoms with E-state index in [2.05, 4.69) is 50.8 Å². The van der Waals surface area contributed by atoms with Crippen molar-refractivity contribution in [3.63, 3.8) is 0 Å². The molecule has 1 saturated carbocycles. The van der Waals surface area contributed by atoms with Gasteiger partial charge in [0.1, 0.15) is 17.0 Å². The Hall–Kier alpha value is -1.64. The molecule has 1 aliphatic carbocycles. The van der Waals surface area contributed by atoms with Crippen molar-refractivity contribution in [2.45, 2.75) is 59.4 Å². The maximum absolute atomic E-state index is 13.4. The molecule has 0 amide bonds. The van der Waals surface area contributed by atoms with Gasteiger partial charge in [-0.05, 0) is 41.7 Å². The van der Waals surface area contributed by atoms with Gasteiger partial charge in [-0.15, -0.1) is 0 Å². The average molecular weight is 339 g/mol. The fourth-order valence-electron chi connectivity index (χ4n) is 5.87. The summed E-state index contributed by atoms with van der Waals surface area (Å²) in [5.41, 5.74) is 1.37.